The molecular formula is C23H30N4O3. The SMILES string of the molecule is CC(C)CC(=O)NC(C(=O)Nc1cccc(NC(=O)Nc2ccccc2)c1)C(C)C. The fourth-order valence-electron chi connectivity index (χ4n) is 2.85. The molecule has 0 saturated carbocycles. The van der Waals surface area contributed by atoms with Gasteiger partial charge in [-0.05, 0) is 42.2 Å². The van der Waals surface area contributed by atoms with Crippen molar-refractivity contribution >= 4 is 34.9 Å². The van der Waals surface area contributed by atoms with Crippen LogP contribution in [0.2, 0.25) is 0 Å². The van der Waals surface area contributed by atoms with E-state index in [0.29, 0.717) is 23.5 Å². The Morgan fingerprint density at radius 1 is 0.767 bits per heavy atom. The summed E-state index contributed by atoms with van der Waals surface area (Å²) >= 11 is 0. The van der Waals surface area contributed by atoms with Crippen LogP contribution in [0, 0.1) is 11.8 Å². The van der Waals surface area contributed by atoms with E-state index in [4.69, 9.17) is 0 Å². The molecule has 0 saturated heterocycles. The van der Waals surface area contributed by atoms with Crippen LogP contribution in [0.5, 0.6) is 0 Å². The third-order valence-electron chi connectivity index (χ3n) is 4.28. The first-order valence-corrected chi connectivity index (χ1v) is 10.1. The van der Waals surface area contributed by atoms with Gasteiger partial charge in [-0.3, -0.25) is 9.59 Å². The minimum Gasteiger partial charge on any atom is -0.344 e. The average molecular weight is 411 g/mol. The van der Waals surface area contributed by atoms with Crippen molar-refractivity contribution in [1.82, 2.24) is 5.32 Å². The van der Waals surface area contributed by atoms with Crippen molar-refractivity contribution in [1.29, 1.82) is 0 Å². The highest BCUT2D eigenvalue weighted by atomic mass is 16.2. The van der Waals surface area contributed by atoms with Crippen molar-refractivity contribution in [3.63, 3.8) is 0 Å². The van der Waals surface area contributed by atoms with E-state index in [0.717, 1.165) is 0 Å². The van der Waals surface area contributed by atoms with Crippen LogP contribution in [0.4, 0.5) is 21.9 Å². The van der Waals surface area contributed by atoms with E-state index < -0.39 is 6.04 Å². The van der Waals surface area contributed by atoms with Crippen molar-refractivity contribution in [2.45, 2.75) is 40.2 Å². The maximum Gasteiger partial charge on any atom is 0.323 e. The number of carbonyl (C=O) groups excluding carboxylic acids is 3. The van der Waals surface area contributed by atoms with Crippen LogP contribution in [0.15, 0.2) is 54.6 Å². The number of amides is 4. The minimum atomic E-state index is -0.644. The van der Waals surface area contributed by atoms with Gasteiger partial charge in [-0.2, -0.15) is 0 Å². The fourth-order valence-corrected chi connectivity index (χ4v) is 2.85. The Labute approximate surface area is 177 Å². The molecule has 1 atom stereocenters. The van der Waals surface area contributed by atoms with Gasteiger partial charge in [0.2, 0.25) is 11.8 Å². The molecule has 0 radical (unpaired) electrons. The molecule has 4 N–H and O–H groups in total. The number of rotatable bonds is 8. The topological polar surface area (TPSA) is 99.3 Å². The minimum absolute atomic E-state index is 0.0703. The molecule has 160 valence electrons. The highest BCUT2D eigenvalue weighted by molar-refractivity contribution is 6.01. The quantitative estimate of drug-likeness (QED) is 0.517. The molecule has 2 rings (SSSR count). The van der Waals surface area contributed by atoms with E-state index in [-0.39, 0.29) is 29.7 Å². The third-order valence-corrected chi connectivity index (χ3v) is 4.28. The molecule has 7 nitrogen and oxygen atoms in total. The second kappa shape index (κ2) is 11.0. The van der Waals surface area contributed by atoms with Crippen molar-refractivity contribution in [2.75, 3.05) is 16.0 Å². The van der Waals surface area contributed by atoms with Crippen molar-refractivity contribution in [3.8, 4) is 0 Å². The van der Waals surface area contributed by atoms with E-state index >= 15 is 0 Å². The van der Waals surface area contributed by atoms with Gasteiger partial charge in [-0.25, -0.2) is 4.79 Å². The number of benzene rings is 2. The predicted octanol–water partition coefficient (Wildman–Crippen LogP) is 4.46. The molecule has 0 spiro atoms. The molecule has 0 aliphatic heterocycles. The maximum absolute atomic E-state index is 12.7. The lowest BCUT2D eigenvalue weighted by atomic mass is 10.0. The van der Waals surface area contributed by atoms with E-state index in [9.17, 15) is 14.4 Å². The van der Waals surface area contributed by atoms with Crippen molar-refractivity contribution in [3.05, 3.63) is 54.6 Å². The van der Waals surface area contributed by atoms with Gasteiger partial charge in [-0.1, -0.05) is 52.0 Å². The zero-order valence-electron chi connectivity index (χ0n) is 17.9. The lowest BCUT2D eigenvalue weighted by Crippen LogP contribution is -2.47. The molecule has 0 aromatic heterocycles. The molecule has 0 aliphatic rings. The molecule has 30 heavy (non-hydrogen) atoms. The molecular weight excluding hydrogens is 380 g/mol. The number of para-hydroxylation sites is 1. The monoisotopic (exact) mass is 410 g/mol. The van der Waals surface area contributed by atoms with Gasteiger partial charge >= 0.3 is 6.03 Å². The van der Waals surface area contributed by atoms with Crippen molar-refractivity contribution in [2.24, 2.45) is 11.8 Å². The summed E-state index contributed by atoms with van der Waals surface area (Å²) in [5.41, 5.74) is 1.74. The summed E-state index contributed by atoms with van der Waals surface area (Å²) in [7, 11) is 0. The van der Waals surface area contributed by atoms with Crippen LogP contribution in [0.3, 0.4) is 0 Å². The van der Waals surface area contributed by atoms with E-state index in [1.54, 1.807) is 36.4 Å². The number of carbonyl (C=O) groups is 3. The Morgan fingerprint density at radius 2 is 1.33 bits per heavy atom. The van der Waals surface area contributed by atoms with Gasteiger partial charge in [0.1, 0.15) is 6.04 Å². The summed E-state index contributed by atoms with van der Waals surface area (Å²) in [5, 5.41) is 11.1. The second-order valence-electron chi connectivity index (χ2n) is 7.90. The van der Waals surface area contributed by atoms with Crippen LogP contribution in [0.25, 0.3) is 0 Å². The van der Waals surface area contributed by atoms with E-state index in [1.807, 2.05) is 45.9 Å². The van der Waals surface area contributed by atoms with Crippen LogP contribution in [-0.4, -0.2) is 23.9 Å². The first-order chi connectivity index (χ1) is 14.2. The van der Waals surface area contributed by atoms with Gasteiger partial charge in [0.15, 0.2) is 0 Å². The Bertz CT molecular complexity index is 866. The normalized spacial score (nSPS) is 11.7. The number of hydrogen-bond donors (Lipinski definition) is 4. The summed E-state index contributed by atoms with van der Waals surface area (Å²) in [6.45, 7) is 7.67. The van der Waals surface area contributed by atoms with Crippen LogP contribution >= 0.6 is 0 Å². The molecule has 7 heteroatoms. The lowest BCUT2D eigenvalue weighted by Gasteiger charge is -2.22. The summed E-state index contributed by atoms with van der Waals surface area (Å²) in [5.74, 6) is -0.301. The zero-order valence-corrected chi connectivity index (χ0v) is 17.9. The van der Waals surface area contributed by atoms with Crippen LogP contribution in [0.1, 0.15) is 34.1 Å². The predicted molar refractivity (Wildman–Crippen MR) is 120 cm³/mol. The summed E-state index contributed by atoms with van der Waals surface area (Å²) in [4.78, 5) is 37.0. The summed E-state index contributed by atoms with van der Waals surface area (Å²) in [6.07, 6.45) is 0.367. The highest BCUT2D eigenvalue weighted by Crippen LogP contribution is 2.17. The number of nitrogens with one attached hydrogen (secondary N) is 4. The standard InChI is InChI=1S/C23H30N4O3/c1-15(2)13-20(28)27-21(16(3)4)22(29)24-18-11-8-12-19(14-18)26-23(30)25-17-9-6-5-7-10-17/h5-12,14-16,21H,13H2,1-4H3,(H,24,29)(H,27,28)(H2,25,26,30). The fraction of sp³-hybridized carbons (Fsp3) is 0.348. The zero-order chi connectivity index (χ0) is 22.1. The van der Waals surface area contributed by atoms with Gasteiger partial charge in [-0.15, -0.1) is 0 Å². The Balaban J connectivity index is 1.99. The Morgan fingerprint density at radius 3 is 1.93 bits per heavy atom. The second-order valence-corrected chi connectivity index (χ2v) is 7.90. The van der Waals surface area contributed by atoms with Gasteiger partial charge < -0.3 is 21.3 Å². The molecule has 0 aliphatic carbocycles. The molecule has 2 aromatic carbocycles. The average Bonchev–Trinajstić information content (AvgIpc) is 2.66. The number of anilines is 3. The Kier molecular flexibility index (Phi) is 8.41. The lowest BCUT2D eigenvalue weighted by molar-refractivity contribution is -0.127. The number of urea groups is 1. The van der Waals surface area contributed by atoms with E-state index in [2.05, 4.69) is 21.3 Å². The largest absolute Gasteiger partial charge is 0.344 e. The molecule has 0 bridgehead atoms. The Hall–Kier alpha value is -3.35. The van der Waals surface area contributed by atoms with Gasteiger partial charge in [0.25, 0.3) is 0 Å². The molecule has 0 heterocycles. The molecule has 0 fully saturated rings. The number of hydrogen-bond acceptors (Lipinski definition) is 3. The molecule has 1 unspecified atom stereocenters. The molecule has 4 amide bonds. The van der Waals surface area contributed by atoms with E-state index in [1.165, 1.54) is 0 Å². The van der Waals surface area contributed by atoms with Crippen molar-refractivity contribution < 1.29 is 14.4 Å². The highest BCUT2D eigenvalue weighted by Gasteiger charge is 2.24. The van der Waals surface area contributed by atoms with Crippen LogP contribution < -0.4 is 21.3 Å². The first-order valence-electron chi connectivity index (χ1n) is 10.1. The summed E-state index contributed by atoms with van der Waals surface area (Å²) in [6, 6.07) is 14.9. The van der Waals surface area contributed by atoms with Gasteiger partial charge in [0.05, 0.1) is 0 Å². The third kappa shape index (κ3) is 7.58. The van der Waals surface area contributed by atoms with Crippen LogP contribution in [-0.2, 0) is 9.59 Å². The van der Waals surface area contributed by atoms with Gasteiger partial charge in [0, 0.05) is 23.5 Å². The smallest absolute Gasteiger partial charge is 0.323 e. The molecule has 2 aromatic rings. The first kappa shape index (κ1) is 22.9. The maximum atomic E-state index is 12.7. The summed E-state index contributed by atoms with van der Waals surface area (Å²) < 4.78 is 0.